The molecule has 0 aliphatic carbocycles. The fraction of sp³-hybridized carbons (Fsp3) is 0.500. The van der Waals surface area contributed by atoms with Gasteiger partial charge < -0.3 is 39.7 Å². The zero-order chi connectivity index (χ0) is 24.3. The molecule has 0 amide bonds. The minimum absolute atomic E-state index is 0.0380. The van der Waals surface area contributed by atoms with Crippen molar-refractivity contribution in [1.82, 2.24) is 9.55 Å². The average molecular weight is 520 g/mol. The Hall–Kier alpha value is -1.29. The van der Waals surface area contributed by atoms with Crippen molar-refractivity contribution in [2.24, 2.45) is 5.73 Å². The summed E-state index contributed by atoms with van der Waals surface area (Å²) in [5, 5.41) is 10.1. The molecule has 32 heavy (non-hydrogen) atoms. The number of ether oxygens (including phenoxy) is 1. The molecule has 2 heterocycles. The molecule has 1 saturated heterocycles. The average Bonchev–Trinajstić information content (AvgIpc) is 2.97. The van der Waals surface area contributed by atoms with Crippen molar-refractivity contribution in [3.8, 4) is 0 Å². The molecule has 5 N–H and O–H groups in total. The number of rotatable bonds is 10. The number of nitrogens with two attached hydrogens (primary N) is 1. The molecule has 0 spiro atoms. The molecule has 2 rings (SSSR count). The van der Waals surface area contributed by atoms with Crippen LogP contribution in [0.2, 0.25) is 0 Å². The Morgan fingerprint density at radius 1 is 1.25 bits per heavy atom. The summed E-state index contributed by atoms with van der Waals surface area (Å²) in [6.07, 6.45) is -0.349. The molecule has 6 atom stereocenters. The minimum Gasteiger partial charge on any atom is -0.756 e. The van der Waals surface area contributed by atoms with Crippen LogP contribution in [0.5, 0.6) is 0 Å². The van der Waals surface area contributed by atoms with E-state index in [1.807, 2.05) is 4.98 Å². The van der Waals surface area contributed by atoms with Crippen LogP contribution >= 0.6 is 23.5 Å². The second kappa shape index (κ2) is 10.3. The summed E-state index contributed by atoms with van der Waals surface area (Å²) in [7, 11) is -17.7. The van der Waals surface area contributed by atoms with Crippen molar-refractivity contribution in [2.75, 3.05) is 13.2 Å². The van der Waals surface area contributed by atoms with Gasteiger partial charge in [0.25, 0.3) is 29.0 Å². The van der Waals surface area contributed by atoms with Gasteiger partial charge in [0.2, 0.25) is 0 Å². The predicted octanol–water partition coefficient (Wildman–Crippen LogP) is -3.40. The zero-order valence-corrected chi connectivity index (χ0v) is 18.4. The molecule has 1 aromatic heterocycles. The second-order valence-corrected chi connectivity index (χ2v) is 10.4. The number of hydrogen-bond donors (Lipinski definition) is 4. The number of nitrogens with zero attached hydrogens (tertiary/aromatic N) is 1. The highest BCUT2D eigenvalue weighted by Crippen LogP contribution is 2.61. The van der Waals surface area contributed by atoms with Crippen molar-refractivity contribution in [1.29, 1.82) is 0 Å². The van der Waals surface area contributed by atoms with Gasteiger partial charge in [0.15, 0.2) is 0 Å². The van der Waals surface area contributed by atoms with Gasteiger partial charge in [0.1, 0.15) is 12.3 Å². The second-order valence-electron chi connectivity index (χ2n) is 6.14. The molecule has 1 aliphatic heterocycles. The largest absolute Gasteiger partial charge is 0.756 e. The van der Waals surface area contributed by atoms with Crippen LogP contribution in [0, 0.1) is 0 Å². The standard InChI is InChI=1S/C12H20N3O14P3/c13-3-1-2-7-5-15(12(18)14-11(7)17)10-4-8(16)9(27-10)6-26-31(22,23)29-32(24,25)28-30(19,20)21/h1-2,5,8-10,16H,3-4,6,13H2,(H,22,23)(H,24,25)(H,14,17,18)(H2,19,20,21)/p-3/b2-1+/t8-,9+,10+/m0/s1. The number of phosphoric ester groups is 1. The van der Waals surface area contributed by atoms with Crippen molar-refractivity contribution in [3.63, 3.8) is 0 Å². The number of aliphatic hydroxyl groups is 1. The molecule has 17 nitrogen and oxygen atoms in total. The van der Waals surface area contributed by atoms with Crippen LogP contribution < -0.4 is 31.7 Å². The van der Waals surface area contributed by atoms with Crippen molar-refractivity contribution >= 4 is 29.5 Å². The number of aliphatic hydroxyl groups excluding tert-OH is 1. The van der Waals surface area contributed by atoms with Crippen LogP contribution in [-0.4, -0.2) is 44.9 Å². The monoisotopic (exact) mass is 520 g/mol. The Bertz CT molecular complexity index is 1110. The number of aromatic nitrogens is 2. The SMILES string of the molecule is NC/C=C/c1cn([C@H]2C[C@H](O)[C@@H](COP(=O)([O-])OP(=O)([O-])OP(=O)([O-])O)O2)c(=O)[nH]c1=O. The molecule has 0 radical (unpaired) electrons. The summed E-state index contributed by atoms with van der Waals surface area (Å²) in [5.41, 5.74) is 3.73. The smallest absolute Gasteiger partial charge is 0.330 e. The fourth-order valence-corrected chi connectivity index (χ4v) is 5.41. The van der Waals surface area contributed by atoms with E-state index in [0.717, 1.165) is 10.8 Å². The molecule has 1 aromatic rings. The van der Waals surface area contributed by atoms with Gasteiger partial charge in [-0.05, 0) is 0 Å². The molecule has 182 valence electrons. The highest BCUT2D eigenvalue weighted by atomic mass is 31.3. The van der Waals surface area contributed by atoms with E-state index in [1.165, 1.54) is 12.2 Å². The summed E-state index contributed by atoms with van der Waals surface area (Å²) in [6, 6.07) is 0. The van der Waals surface area contributed by atoms with Crippen LogP contribution in [0.15, 0.2) is 21.9 Å². The Labute approximate surface area is 178 Å². The van der Waals surface area contributed by atoms with Gasteiger partial charge in [-0.3, -0.25) is 28.0 Å². The molecule has 0 aromatic carbocycles. The highest BCUT2D eigenvalue weighted by Gasteiger charge is 2.37. The Morgan fingerprint density at radius 2 is 1.91 bits per heavy atom. The third-order valence-electron chi connectivity index (χ3n) is 3.74. The van der Waals surface area contributed by atoms with Crippen LogP contribution in [0.4, 0.5) is 0 Å². The van der Waals surface area contributed by atoms with Crippen molar-refractivity contribution in [2.45, 2.75) is 24.9 Å². The quantitative estimate of drug-likeness (QED) is 0.219. The lowest BCUT2D eigenvalue weighted by atomic mass is 10.2. The zero-order valence-electron chi connectivity index (χ0n) is 15.7. The van der Waals surface area contributed by atoms with E-state index in [1.54, 1.807) is 0 Å². The van der Waals surface area contributed by atoms with Gasteiger partial charge in [-0.25, -0.2) is 13.4 Å². The van der Waals surface area contributed by atoms with Crippen LogP contribution in [0.1, 0.15) is 18.2 Å². The molecule has 3 unspecified atom stereocenters. The van der Waals surface area contributed by atoms with E-state index in [2.05, 4.69) is 13.1 Å². The molecular weight excluding hydrogens is 503 g/mol. The third kappa shape index (κ3) is 7.93. The Morgan fingerprint density at radius 3 is 2.50 bits per heavy atom. The van der Waals surface area contributed by atoms with Crippen molar-refractivity contribution < 1.29 is 56.3 Å². The summed E-state index contributed by atoms with van der Waals surface area (Å²) in [4.78, 5) is 67.4. The number of H-pyrrole nitrogens is 1. The lowest BCUT2D eigenvalue weighted by Crippen LogP contribution is -2.33. The van der Waals surface area contributed by atoms with Gasteiger partial charge in [-0.2, -0.15) is 0 Å². The van der Waals surface area contributed by atoms with Gasteiger partial charge >= 0.3 is 5.69 Å². The maximum Gasteiger partial charge on any atom is 0.330 e. The summed E-state index contributed by atoms with van der Waals surface area (Å²) in [6.45, 7) is -0.898. The molecule has 0 saturated carbocycles. The first-order valence-electron chi connectivity index (χ1n) is 8.41. The molecule has 20 heteroatoms. The lowest BCUT2D eigenvalue weighted by Gasteiger charge is -2.33. The Kier molecular flexibility index (Phi) is 8.70. The van der Waals surface area contributed by atoms with E-state index in [0.29, 0.717) is 0 Å². The molecular formula is C12H17N3O14P3-3. The van der Waals surface area contributed by atoms with Gasteiger partial charge in [0, 0.05) is 19.2 Å². The van der Waals surface area contributed by atoms with E-state index < -0.39 is 59.8 Å². The van der Waals surface area contributed by atoms with Crippen LogP contribution in [0.3, 0.4) is 0 Å². The maximum absolute atomic E-state index is 12.1. The van der Waals surface area contributed by atoms with Gasteiger partial charge in [0.05, 0.1) is 18.3 Å². The van der Waals surface area contributed by atoms with Gasteiger partial charge in [-0.1, -0.05) is 12.2 Å². The first-order valence-corrected chi connectivity index (χ1v) is 12.8. The third-order valence-corrected chi connectivity index (χ3v) is 7.43. The summed E-state index contributed by atoms with van der Waals surface area (Å²) in [5.74, 6) is 0. The maximum atomic E-state index is 12.1. The molecule has 0 bridgehead atoms. The van der Waals surface area contributed by atoms with E-state index in [4.69, 9.17) is 15.4 Å². The van der Waals surface area contributed by atoms with E-state index in [-0.39, 0.29) is 18.5 Å². The predicted molar refractivity (Wildman–Crippen MR) is 97.1 cm³/mol. The van der Waals surface area contributed by atoms with Gasteiger partial charge in [-0.15, -0.1) is 0 Å². The molecule has 1 fully saturated rings. The number of nitrogens with one attached hydrogen (secondary N) is 1. The van der Waals surface area contributed by atoms with Crippen LogP contribution in [-0.2, 0) is 31.6 Å². The number of phosphoric acid groups is 3. The minimum atomic E-state index is -6.07. The van der Waals surface area contributed by atoms with Crippen LogP contribution in [0.25, 0.3) is 6.08 Å². The molecule has 1 aliphatic rings. The highest BCUT2D eigenvalue weighted by molar-refractivity contribution is 7.65. The van der Waals surface area contributed by atoms with E-state index >= 15 is 0 Å². The first kappa shape index (κ1) is 27.0. The summed E-state index contributed by atoms with van der Waals surface area (Å²) < 4.78 is 50.2. The first-order chi connectivity index (χ1) is 14.6. The summed E-state index contributed by atoms with van der Waals surface area (Å²) >= 11 is 0. The fourth-order valence-electron chi connectivity index (χ4n) is 2.52. The lowest BCUT2D eigenvalue weighted by molar-refractivity contribution is -0.250. The van der Waals surface area contributed by atoms with E-state index in [9.17, 15) is 43.1 Å². The number of aromatic amines is 1. The normalized spacial score (nSPS) is 27.1. The van der Waals surface area contributed by atoms with Crippen molar-refractivity contribution in [3.05, 3.63) is 38.7 Å². The number of hydrogen-bond acceptors (Lipinski definition) is 14. The topological polar surface area (TPSA) is 279 Å². The Balaban J connectivity index is 2.08.